The van der Waals surface area contributed by atoms with Gasteiger partial charge in [0.05, 0.1) is 15.8 Å². The van der Waals surface area contributed by atoms with Crippen molar-refractivity contribution in [2.45, 2.75) is 34.8 Å². The third kappa shape index (κ3) is 4.94. The number of hydrogen-bond donors (Lipinski definition) is 1. The lowest BCUT2D eigenvalue weighted by atomic mass is 10.2. The Kier molecular flexibility index (Phi) is 6.76. The Morgan fingerprint density at radius 3 is 2.53 bits per heavy atom. The maximum Gasteiger partial charge on any atom is 0.225 e. The quantitative estimate of drug-likeness (QED) is 0.718. The van der Waals surface area contributed by atoms with Crippen molar-refractivity contribution in [1.29, 1.82) is 0 Å². The Morgan fingerprint density at radius 2 is 1.81 bits per heavy atom. The van der Waals surface area contributed by atoms with Crippen molar-refractivity contribution < 1.29 is 18.0 Å². The van der Waals surface area contributed by atoms with Gasteiger partial charge in [0, 0.05) is 55.4 Å². The van der Waals surface area contributed by atoms with Crippen LogP contribution >= 0.6 is 11.8 Å². The third-order valence-electron chi connectivity index (χ3n) is 5.89. The van der Waals surface area contributed by atoms with E-state index >= 15 is 0 Å². The highest BCUT2D eigenvalue weighted by atomic mass is 32.2. The van der Waals surface area contributed by atoms with Crippen LogP contribution in [0.2, 0.25) is 0 Å². The minimum atomic E-state index is -3.71. The Bertz CT molecular complexity index is 1100. The maximum atomic E-state index is 13.1. The molecule has 170 valence electrons. The normalized spacial score (nSPS) is 17.8. The summed E-state index contributed by atoms with van der Waals surface area (Å²) in [6.07, 6.45) is 0.329. The number of carbonyl (C=O) groups is 2. The largest absolute Gasteiger partial charge is 0.368 e. The molecule has 7 nitrogen and oxygen atoms in total. The zero-order chi connectivity index (χ0) is 22.7. The molecule has 2 aliphatic heterocycles. The second-order valence-corrected chi connectivity index (χ2v) is 11.6. The van der Waals surface area contributed by atoms with E-state index in [2.05, 4.69) is 10.2 Å². The number of rotatable bonds is 5. The first kappa shape index (κ1) is 22.7. The fourth-order valence-corrected chi connectivity index (χ4v) is 6.25. The lowest BCUT2D eigenvalue weighted by Crippen LogP contribution is -2.49. The van der Waals surface area contributed by atoms with Gasteiger partial charge >= 0.3 is 0 Å². The van der Waals surface area contributed by atoms with E-state index in [1.807, 2.05) is 30.3 Å². The lowest BCUT2D eigenvalue weighted by Gasteiger charge is -2.36. The Labute approximate surface area is 193 Å². The van der Waals surface area contributed by atoms with Crippen molar-refractivity contribution in [1.82, 2.24) is 4.90 Å². The topological polar surface area (TPSA) is 86.8 Å². The van der Waals surface area contributed by atoms with Gasteiger partial charge in [0.1, 0.15) is 0 Å². The summed E-state index contributed by atoms with van der Waals surface area (Å²) in [6.45, 7) is 4.16. The highest BCUT2D eigenvalue weighted by Gasteiger charge is 2.30. The number of piperazine rings is 1. The molecule has 2 heterocycles. The number of carbonyl (C=O) groups excluding carboxylic acids is 2. The molecule has 1 fully saturated rings. The Morgan fingerprint density at radius 1 is 1.09 bits per heavy atom. The first-order valence-corrected chi connectivity index (χ1v) is 13.3. The second-order valence-electron chi connectivity index (χ2n) is 8.07. The average Bonchev–Trinajstić information content (AvgIpc) is 2.99. The van der Waals surface area contributed by atoms with E-state index in [-0.39, 0.29) is 23.1 Å². The minimum absolute atomic E-state index is 0.0636. The highest BCUT2D eigenvalue weighted by Crippen LogP contribution is 2.33. The van der Waals surface area contributed by atoms with E-state index in [1.165, 1.54) is 17.8 Å². The van der Waals surface area contributed by atoms with Gasteiger partial charge in [-0.2, -0.15) is 0 Å². The molecule has 4 rings (SSSR count). The predicted octanol–water partition coefficient (Wildman–Crippen LogP) is 3.02. The number of para-hydroxylation sites is 1. The number of anilines is 2. The van der Waals surface area contributed by atoms with Crippen molar-refractivity contribution in [2.24, 2.45) is 0 Å². The van der Waals surface area contributed by atoms with Gasteiger partial charge in [-0.15, -0.1) is 11.8 Å². The SMILES string of the molecule is C[C@@H](CC(=O)N1CCN(c2ccccc2)CC1)S(=O)(=O)c1ccc2c(c1)NC(=O)CCS2. The molecule has 0 aromatic heterocycles. The summed E-state index contributed by atoms with van der Waals surface area (Å²) >= 11 is 1.53. The van der Waals surface area contributed by atoms with Crippen molar-refractivity contribution in [3.63, 3.8) is 0 Å². The molecule has 9 heteroatoms. The van der Waals surface area contributed by atoms with Crippen LogP contribution in [-0.2, 0) is 19.4 Å². The summed E-state index contributed by atoms with van der Waals surface area (Å²) in [4.78, 5) is 29.6. The molecule has 2 aromatic carbocycles. The van der Waals surface area contributed by atoms with Gasteiger partial charge in [-0.3, -0.25) is 9.59 Å². The Balaban J connectivity index is 1.39. The molecule has 0 saturated carbocycles. The zero-order valence-corrected chi connectivity index (χ0v) is 19.6. The van der Waals surface area contributed by atoms with Gasteiger partial charge in [0.25, 0.3) is 0 Å². The molecule has 0 bridgehead atoms. The van der Waals surface area contributed by atoms with Gasteiger partial charge in [0.2, 0.25) is 11.8 Å². The molecule has 1 N–H and O–H groups in total. The molecule has 32 heavy (non-hydrogen) atoms. The van der Waals surface area contributed by atoms with Crippen LogP contribution in [0.3, 0.4) is 0 Å². The average molecular weight is 474 g/mol. The fourth-order valence-electron chi connectivity index (χ4n) is 3.95. The van der Waals surface area contributed by atoms with Crippen molar-refractivity contribution in [3.8, 4) is 0 Å². The van der Waals surface area contributed by atoms with Gasteiger partial charge in [-0.1, -0.05) is 18.2 Å². The molecule has 1 atom stereocenters. The number of sulfone groups is 1. The van der Waals surface area contributed by atoms with Crippen molar-refractivity contribution >= 4 is 44.8 Å². The maximum absolute atomic E-state index is 13.1. The van der Waals surface area contributed by atoms with Crippen LogP contribution in [0, 0.1) is 0 Å². The molecule has 0 radical (unpaired) electrons. The molecule has 1 saturated heterocycles. The number of hydrogen-bond acceptors (Lipinski definition) is 6. The zero-order valence-electron chi connectivity index (χ0n) is 18.0. The molecular formula is C23H27N3O4S2. The molecule has 0 aliphatic carbocycles. The van der Waals surface area contributed by atoms with E-state index in [0.29, 0.717) is 31.0 Å². The lowest BCUT2D eigenvalue weighted by molar-refractivity contribution is -0.131. The minimum Gasteiger partial charge on any atom is -0.368 e. The standard InChI is InChI=1S/C23H27N3O4S2/c1-17(15-23(28)26-12-10-25(11-13-26)18-5-3-2-4-6-18)32(29,30)19-7-8-21-20(16-19)24-22(27)9-14-31-21/h2-8,16-17H,9-15H2,1H3,(H,24,27)/t17-/m0/s1. The highest BCUT2D eigenvalue weighted by molar-refractivity contribution is 7.99. The van der Waals surface area contributed by atoms with Crippen LogP contribution in [0.4, 0.5) is 11.4 Å². The summed E-state index contributed by atoms with van der Waals surface area (Å²) in [5, 5.41) is 1.93. The summed E-state index contributed by atoms with van der Waals surface area (Å²) in [6, 6.07) is 14.9. The van der Waals surface area contributed by atoms with Crippen LogP contribution in [0.1, 0.15) is 19.8 Å². The fraction of sp³-hybridized carbons (Fsp3) is 0.391. The molecule has 0 unspecified atom stereocenters. The predicted molar refractivity (Wildman–Crippen MR) is 127 cm³/mol. The van der Waals surface area contributed by atoms with E-state index in [0.717, 1.165) is 23.7 Å². The molecule has 2 aliphatic rings. The molecule has 2 aromatic rings. The number of nitrogens with one attached hydrogen (secondary N) is 1. The number of fused-ring (bicyclic) bond motifs is 1. The second kappa shape index (κ2) is 9.54. The van der Waals surface area contributed by atoms with Gasteiger partial charge in [-0.05, 0) is 37.3 Å². The first-order chi connectivity index (χ1) is 15.3. The van der Waals surface area contributed by atoms with Gasteiger partial charge in [0.15, 0.2) is 9.84 Å². The van der Waals surface area contributed by atoms with Gasteiger partial charge < -0.3 is 15.1 Å². The van der Waals surface area contributed by atoms with E-state index < -0.39 is 15.1 Å². The number of nitrogens with zero attached hydrogens (tertiary/aromatic N) is 2. The van der Waals surface area contributed by atoms with E-state index in [1.54, 1.807) is 24.0 Å². The summed E-state index contributed by atoms with van der Waals surface area (Å²) in [7, 11) is -3.71. The first-order valence-electron chi connectivity index (χ1n) is 10.7. The summed E-state index contributed by atoms with van der Waals surface area (Å²) in [5.74, 6) is 0.393. The van der Waals surface area contributed by atoms with Crippen LogP contribution < -0.4 is 10.2 Å². The van der Waals surface area contributed by atoms with Crippen LogP contribution in [0.5, 0.6) is 0 Å². The summed E-state index contributed by atoms with van der Waals surface area (Å²) in [5.41, 5.74) is 1.65. The van der Waals surface area contributed by atoms with E-state index in [9.17, 15) is 18.0 Å². The monoisotopic (exact) mass is 473 g/mol. The van der Waals surface area contributed by atoms with Gasteiger partial charge in [-0.25, -0.2) is 8.42 Å². The van der Waals surface area contributed by atoms with Crippen molar-refractivity contribution in [3.05, 3.63) is 48.5 Å². The molecule has 2 amide bonds. The number of thioether (sulfide) groups is 1. The molecule has 0 spiro atoms. The Hall–Kier alpha value is -2.52. The van der Waals surface area contributed by atoms with Crippen LogP contribution in [0.15, 0.2) is 58.3 Å². The molecular weight excluding hydrogens is 446 g/mol. The summed E-state index contributed by atoms with van der Waals surface area (Å²) < 4.78 is 26.3. The number of amides is 2. The van der Waals surface area contributed by atoms with Crippen molar-refractivity contribution in [2.75, 3.05) is 42.1 Å². The third-order valence-corrected chi connectivity index (χ3v) is 9.10. The number of benzene rings is 2. The van der Waals surface area contributed by atoms with Crippen LogP contribution in [-0.4, -0.2) is 62.3 Å². The van der Waals surface area contributed by atoms with Crippen LogP contribution in [0.25, 0.3) is 0 Å². The van der Waals surface area contributed by atoms with E-state index in [4.69, 9.17) is 0 Å². The smallest absolute Gasteiger partial charge is 0.225 e.